The number of amides is 1. The molecule has 0 aromatic heterocycles. The highest BCUT2D eigenvalue weighted by molar-refractivity contribution is 8.14. The third-order valence-electron chi connectivity index (χ3n) is 2.59. The highest BCUT2D eigenvalue weighted by Crippen LogP contribution is 2.34. The second-order valence-corrected chi connectivity index (χ2v) is 5.02. The lowest BCUT2D eigenvalue weighted by molar-refractivity contribution is -0.139. The number of nitrogens with one attached hydrogen (secondary N) is 1. The smallest absolute Gasteiger partial charge is 0.322 e. The average Bonchev–Trinajstić information content (AvgIpc) is 2.35. The topological polar surface area (TPSA) is 101 Å². The number of ketones is 1. The van der Waals surface area contributed by atoms with Gasteiger partial charge in [-0.2, -0.15) is 0 Å². The molecule has 1 atom stereocenters. The molecule has 6 nitrogen and oxygen atoms in total. The summed E-state index contributed by atoms with van der Waals surface area (Å²) in [4.78, 5) is 46.0. The fraction of sp³-hybridized carbons (Fsp3) is 0.167. The van der Waals surface area contributed by atoms with Crippen molar-refractivity contribution in [3.05, 3.63) is 29.6 Å². The molecule has 1 heterocycles. The van der Waals surface area contributed by atoms with Gasteiger partial charge in [-0.3, -0.25) is 19.2 Å². The molecule has 0 aliphatic carbocycles. The van der Waals surface area contributed by atoms with Gasteiger partial charge in [0.2, 0.25) is 11.0 Å². The lowest BCUT2D eigenvalue weighted by Crippen LogP contribution is -2.42. The highest BCUT2D eigenvalue weighted by Gasteiger charge is 2.40. The molecule has 8 heteroatoms. The number of Topliss-reactive ketones (excluding diaryl/α,β-unsaturated/α-hetero) is 1. The number of aliphatic carboxylic acids is 1. The van der Waals surface area contributed by atoms with Gasteiger partial charge in [0.1, 0.15) is 12.4 Å². The molecule has 1 aliphatic rings. The first-order valence-corrected chi connectivity index (χ1v) is 6.26. The summed E-state index contributed by atoms with van der Waals surface area (Å²) in [6, 6.07) is 3.30. The molecule has 1 aliphatic heterocycles. The molecule has 1 amide bonds. The van der Waals surface area contributed by atoms with Crippen molar-refractivity contribution in [1.29, 1.82) is 0 Å². The fourth-order valence-electron chi connectivity index (χ4n) is 1.70. The van der Waals surface area contributed by atoms with E-state index in [1.54, 1.807) is 0 Å². The van der Waals surface area contributed by atoms with Crippen LogP contribution in [0.5, 0.6) is 0 Å². The minimum absolute atomic E-state index is 0.0754. The van der Waals surface area contributed by atoms with Crippen molar-refractivity contribution in [3.63, 3.8) is 0 Å². The van der Waals surface area contributed by atoms with E-state index in [9.17, 15) is 23.6 Å². The van der Waals surface area contributed by atoms with E-state index < -0.39 is 41.1 Å². The first-order chi connectivity index (χ1) is 9.40. The number of fused-ring (bicyclic) bond motifs is 1. The van der Waals surface area contributed by atoms with Crippen molar-refractivity contribution in [3.8, 4) is 0 Å². The van der Waals surface area contributed by atoms with Crippen LogP contribution in [0.1, 0.15) is 10.4 Å². The zero-order valence-corrected chi connectivity index (χ0v) is 10.7. The molecular weight excluding hydrogens is 289 g/mol. The Morgan fingerprint density at radius 1 is 1.35 bits per heavy atom. The first kappa shape index (κ1) is 14.2. The monoisotopic (exact) mass is 297 g/mol. The SMILES string of the molecule is O=C(O)CNC(=O)C1C(=O)Sc2cc(F)ccc2C1=O. The Morgan fingerprint density at radius 3 is 2.70 bits per heavy atom. The van der Waals surface area contributed by atoms with Crippen molar-refractivity contribution in [2.45, 2.75) is 4.90 Å². The zero-order chi connectivity index (χ0) is 14.9. The minimum Gasteiger partial charge on any atom is -0.480 e. The molecule has 2 N–H and O–H groups in total. The molecule has 0 saturated heterocycles. The van der Waals surface area contributed by atoms with Crippen molar-refractivity contribution < 1.29 is 28.7 Å². The van der Waals surface area contributed by atoms with Gasteiger partial charge in [0.05, 0.1) is 0 Å². The summed E-state index contributed by atoms with van der Waals surface area (Å²) in [5.74, 6) is -5.20. The van der Waals surface area contributed by atoms with Gasteiger partial charge in [0.25, 0.3) is 0 Å². The van der Waals surface area contributed by atoms with Crippen LogP contribution in [0, 0.1) is 11.7 Å². The van der Waals surface area contributed by atoms with E-state index in [2.05, 4.69) is 0 Å². The fourth-order valence-corrected chi connectivity index (χ4v) is 2.70. The predicted octanol–water partition coefficient (Wildman–Crippen LogP) is 0.458. The van der Waals surface area contributed by atoms with Crippen LogP contribution >= 0.6 is 11.8 Å². The molecule has 0 spiro atoms. The van der Waals surface area contributed by atoms with Gasteiger partial charge in [-0.15, -0.1) is 0 Å². The third kappa shape index (κ3) is 2.69. The summed E-state index contributed by atoms with van der Waals surface area (Å²) in [5, 5.41) is 9.68. The van der Waals surface area contributed by atoms with Gasteiger partial charge in [-0.25, -0.2) is 4.39 Å². The number of benzene rings is 1. The van der Waals surface area contributed by atoms with Crippen molar-refractivity contribution >= 4 is 34.5 Å². The first-order valence-electron chi connectivity index (χ1n) is 5.45. The molecule has 1 unspecified atom stereocenters. The van der Waals surface area contributed by atoms with Crippen LogP contribution in [0.3, 0.4) is 0 Å². The molecule has 104 valence electrons. The Bertz CT molecular complexity index is 630. The Morgan fingerprint density at radius 2 is 2.05 bits per heavy atom. The van der Waals surface area contributed by atoms with E-state index in [1.807, 2.05) is 5.32 Å². The summed E-state index contributed by atoms with van der Waals surface area (Å²) in [7, 11) is 0. The van der Waals surface area contributed by atoms with E-state index in [4.69, 9.17) is 5.11 Å². The van der Waals surface area contributed by atoms with E-state index in [-0.39, 0.29) is 10.5 Å². The van der Waals surface area contributed by atoms with Gasteiger partial charge in [0.15, 0.2) is 11.7 Å². The third-order valence-corrected chi connectivity index (χ3v) is 3.59. The van der Waals surface area contributed by atoms with Crippen molar-refractivity contribution in [2.75, 3.05) is 6.54 Å². The molecule has 2 rings (SSSR count). The maximum Gasteiger partial charge on any atom is 0.322 e. The molecule has 1 aromatic carbocycles. The number of hydrogen-bond donors (Lipinski definition) is 2. The summed E-state index contributed by atoms with van der Waals surface area (Å²) in [6.45, 7) is -0.684. The van der Waals surface area contributed by atoms with Gasteiger partial charge < -0.3 is 10.4 Å². The lowest BCUT2D eigenvalue weighted by Gasteiger charge is -2.20. The van der Waals surface area contributed by atoms with Crippen molar-refractivity contribution in [2.24, 2.45) is 5.92 Å². The Balaban J connectivity index is 2.27. The van der Waals surface area contributed by atoms with Crippen LogP contribution in [-0.2, 0) is 14.4 Å². The van der Waals surface area contributed by atoms with E-state index in [1.165, 1.54) is 6.07 Å². The maximum absolute atomic E-state index is 13.0. The van der Waals surface area contributed by atoms with Crippen LogP contribution in [0.25, 0.3) is 0 Å². The van der Waals surface area contributed by atoms with E-state index >= 15 is 0 Å². The van der Waals surface area contributed by atoms with Gasteiger partial charge in [-0.1, -0.05) is 0 Å². The number of carbonyl (C=O) groups is 4. The summed E-state index contributed by atoms with van der Waals surface area (Å²) in [5.41, 5.74) is 0.0754. The second-order valence-electron chi connectivity index (χ2n) is 3.97. The Labute approximate surface area is 116 Å². The van der Waals surface area contributed by atoms with Crippen LogP contribution < -0.4 is 5.32 Å². The van der Waals surface area contributed by atoms with Gasteiger partial charge in [-0.05, 0) is 30.0 Å². The van der Waals surface area contributed by atoms with E-state index in [0.29, 0.717) is 11.8 Å². The molecule has 0 fully saturated rings. The molecule has 20 heavy (non-hydrogen) atoms. The van der Waals surface area contributed by atoms with Crippen LogP contribution in [0.15, 0.2) is 23.1 Å². The average molecular weight is 297 g/mol. The van der Waals surface area contributed by atoms with Crippen LogP contribution in [0.2, 0.25) is 0 Å². The number of hydrogen-bond acceptors (Lipinski definition) is 5. The molecule has 0 bridgehead atoms. The molecule has 1 aromatic rings. The summed E-state index contributed by atoms with van der Waals surface area (Å²) >= 11 is 0.592. The summed E-state index contributed by atoms with van der Waals surface area (Å²) in [6.07, 6.45) is 0. The molecule has 0 saturated carbocycles. The number of carboxylic acids is 1. The van der Waals surface area contributed by atoms with E-state index in [0.717, 1.165) is 12.1 Å². The molecular formula is C12H8FNO5S. The highest BCUT2D eigenvalue weighted by atomic mass is 32.2. The molecule has 0 radical (unpaired) electrons. The van der Waals surface area contributed by atoms with Gasteiger partial charge >= 0.3 is 5.97 Å². The lowest BCUT2D eigenvalue weighted by atomic mass is 9.97. The maximum atomic E-state index is 13.0. The number of carbonyl (C=O) groups excluding carboxylic acids is 3. The Hall–Kier alpha value is -2.22. The normalized spacial score (nSPS) is 17.6. The largest absolute Gasteiger partial charge is 0.480 e. The summed E-state index contributed by atoms with van der Waals surface area (Å²) < 4.78 is 13.0. The number of carboxylic acid groups (broad SMARTS) is 1. The number of thioether (sulfide) groups is 1. The number of halogens is 1. The number of rotatable bonds is 3. The van der Waals surface area contributed by atoms with Crippen LogP contribution in [0.4, 0.5) is 4.39 Å². The predicted molar refractivity (Wildman–Crippen MR) is 65.7 cm³/mol. The van der Waals surface area contributed by atoms with Crippen molar-refractivity contribution in [1.82, 2.24) is 5.32 Å². The minimum atomic E-state index is -1.60. The Kier molecular flexibility index (Phi) is 3.84. The van der Waals surface area contributed by atoms with Gasteiger partial charge in [0, 0.05) is 10.5 Å². The standard InChI is InChI=1S/C12H8FNO5S/c13-5-1-2-6-7(3-5)20-12(19)9(10(6)17)11(18)14-4-8(15)16/h1-3,9H,4H2,(H,14,18)(H,15,16). The van der Waals surface area contributed by atoms with Crippen LogP contribution in [-0.4, -0.2) is 34.4 Å². The quantitative estimate of drug-likeness (QED) is 0.786. The second kappa shape index (κ2) is 5.41. The zero-order valence-electron chi connectivity index (χ0n) is 9.88.